The predicted molar refractivity (Wildman–Crippen MR) is 170 cm³/mol. The highest BCUT2D eigenvalue weighted by molar-refractivity contribution is 7.88. The van der Waals surface area contributed by atoms with Gasteiger partial charge in [-0.3, -0.25) is 4.79 Å². The smallest absolute Gasteiger partial charge is 0.252 e. The van der Waals surface area contributed by atoms with Gasteiger partial charge in [-0.25, -0.2) is 17.2 Å². The molecule has 1 saturated heterocycles. The van der Waals surface area contributed by atoms with Crippen LogP contribution in [0.5, 0.6) is 5.75 Å². The number of nitrogens with zero attached hydrogens (tertiary/aromatic N) is 2. The van der Waals surface area contributed by atoms with E-state index in [2.05, 4.69) is 5.32 Å². The molecule has 1 N–H and O–H groups in total. The summed E-state index contributed by atoms with van der Waals surface area (Å²) in [6, 6.07) is 15.4. The van der Waals surface area contributed by atoms with E-state index in [9.17, 15) is 26.4 Å². The Morgan fingerprint density at radius 2 is 1.74 bits per heavy atom. The van der Waals surface area contributed by atoms with Crippen molar-refractivity contribution in [1.82, 2.24) is 14.5 Å². The first-order chi connectivity index (χ1) is 21.9. The molecule has 1 amide bonds. The van der Waals surface area contributed by atoms with Gasteiger partial charge >= 0.3 is 0 Å². The Morgan fingerprint density at radius 1 is 1.04 bits per heavy atom. The van der Waals surface area contributed by atoms with Crippen LogP contribution in [0.25, 0.3) is 5.57 Å². The van der Waals surface area contributed by atoms with Crippen LogP contribution >= 0.6 is 11.6 Å². The summed E-state index contributed by atoms with van der Waals surface area (Å²) in [6.07, 6.45) is 2.86. The summed E-state index contributed by atoms with van der Waals surface area (Å²) in [5, 5.41) is 3.89. The van der Waals surface area contributed by atoms with Crippen LogP contribution in [-0.2, 0) is 27.8 Å². The number of carbonyl (C=O) groups is 1. The summed E-state index contributed by atoms with van der Waals surface area (Å²) in [5.74, 6) is -4.52. The average molecular weight is 674 g/mol. The SMILES string of the molecule is CC(Cc1ccc(C2=C(C(=O)N(Cc3ccccc3Cl)C3CC3)[C@H]3CNC[C@@H](C2)N3S(C)(=O)=O)cc1)Oc1c(F)ccc(F)c1F. The van der Waals surface area contributed by atoms with E-state index in [0.717, 1.165) is 41.2 Å². The number of hydrogen-bond acceptors (Lipinski definition) is 5. The molecule has 12 heteroatoms. The number of sulfonamides is 1. The second kappa shape index (κ2) is 13.0. The normalized spacial score (nSPS) is 20.8. The van der Waals surface area contributed by atoms with Crippen LogP contribution < -0.4 is 10.1 Å². The number of rotatable bonds is 10. The first-order valence-corrected chi connectivity index (χ1v) is 17.5. The van der Waals surface area contributed by atoms with Crippen LogP contribution in [0.4, 0.5) is 13.2 Å². The largest absolute Gasteiger partial charge is 0.484 e. The second-order valence-corrected chi connectivity index (χ2v) is 14.6. The molecule has 2 fully saturated rings. The highest BCUT2D eigenvalue weighted by atomic mass is 35.5. The van der Waals surface area contributed by atoms with Gasteiger partial charge in [-0.15, -0.1) is 0 Å². The fourth-order valence-corrected chi connectivity index (χ4v) is 8.09. The van der Waals surface area contributed by atoms with Crippen molar-refractivity contribution in [1.29, 1.82) is 0 Å². The molecule has 0 aromatic heterocycles. The maximum atomic E-state index is 14.6. The summed E-state index contributed by atoms with van der Waals surface area (Å²) in [6.45, 7) is 2.71. The molecular weight excluding hydrogens is 639 g/mol. The molecular formula is C34H35ClF3N3O4S. The molecule has 3 aromatic rings. The van der Waals surface area contributed by atoms with E-state index in [4.69, 9.17) is 16.3 Å². The molecule has 2 aliphatic heterocycles. The Kier molecular flexibility index (Phi) is 9.22. The van der Waals surface area contributed by atoms with Gasteiger partial charge in [-0.2, -0.15) is 8.70 Å². The first kappa shape index (κ1) is 32.6. The van der Waals surface area contributed by atoms with E-state index in [1.165, 1.54) is 10.6 Å². The zero-order valence-corrected chi connectivity index (χ0v) is 27.1. The number of halogens is 4. The van der Waals surface area contributed by atoms with Crippen molar-refractivity contribution in [3.63, 3.8) is 0 Å². The van der Waals surface area contributed by atoms with Crippen LogP contribution in [0.1, 0.15) is 42.9 Å². The van der Waals surface area contributed by atoms with Crippen molar-refractivity contribution in [3.05, 3.63) is 105 Å². The van der Waals surface area contributed by atoms with Crippen LogP contribution in [0.2, 0.25) is 5.02 Å². The third-order valence-corrected chi connectivity index (χ3v) is 10.5. The molecule has 0 spiro atoms. The molecule has 7 nitrogen and oxygen atoms in total. The number of piperazine rings is 1. The molecule has 46 heavy (non-hydrogen) atoms. The van der Waals surface area contributed by atoms with Crippen molar-refractivity contribution >= 4 is 33.1 Å². The van der Waals surface area contributed by atoms with Crippen molar-refractivity contribution < 1.29 is 31.1 Å². The zero-order valence-electron chi connectivity index (χ0n) is 25.5. The van der Waals surface area contributed by atoms with Crippen LogP contribution in [0.15, 0.2) is 66.2 Å². The average Bonchev–Trinajstić information content (AvgIpc) is 3.85. The molecule has 2 heterocycles. The van der Waals surface area contributed by atoms with Gasteiger partial charge in [0.25, 0.3) is 5.91 Å². The Bertz CT molecular complexity index is 1780. The molecule has 1 saturated carbocycles. The van der Waals surface area contributed by atoms with Gasteiger partial charge < -0.3 is 15.0 Å². The first-order valence-electron chi connectivity index (χ1n) is 15.3. The van der Waals surface area contributed by atoms with Crippen molar-refractivity contribution in [2.24, 2.45) is 0 Å². The standard InChI is InChI=1S/C34H35ClF3N3O4S/c1-20(45-33-29(37)14-13-28(36)32(33)38)15-21-7-9-22(10-8-21)26-16-25-17-39-18-30(41(25)46(2,43)44)31(26)34(42)40(24-11-12-24)19-23-5-3-4-6-27(23)35/h3-10,13-14,20,24-25,30,39H,11-12,15-19H2,1-2H3/t20?,25-,30-/m1/s1. The number of carbonyl (C=O) groups excluding carboxylic acids is 1. The number of benzene rings is 3. The number of fused-ring (bicyclic) bond motifs is 2. The maximum Gasteiger partial charge on any atom is 0.252 e. The lowest BCUT2D eigenvalue weighted by Crippen LogP contribution is -2.63. The van der Waals surface area contributed by atoms with Crippen LogP contribution in [-0.4, -0.2) is 67.1 Å². The topological polar surface area (TPSA) is 79.0 Å². The van der Waals surface area contributed by atoms with Crippen LogP contribution in [0, 0.1) is 17.5 Å². The van der Waals surface area contributed by atoms with Gasteiger partial charge in [0.15, 0.2) is 17.4 Å². The fourth-order valence-electron chi connectivity index (χ4n) is 6.56. The number of nitrogens with one attached hydrogen (secondary N) is 1. The number of hydrogen-bond donors (Lipinski definition) is 1. The molecule has 244 valence electrons. The highest BCUT2D eigenvalue weighted by Gasteiger charge is 2.48. The van der Waals surface area contributed by atoms with Crippen molar-refractivity contribution in [3.8, 4) is 5.75 Å². The van der Waals surface area contributed by atoms with Crippen molar-refractivity contribution in [2.75, 3.05) is 19.3 Å². The number of ether oxygens (including phenoxy) is 1. The molecule has 2 bridgehead atoms. The predicted octanol–water partition coefficient (Wildman–Crippen LogP) is 5.72. The molecule has 0 radical (unpaired) electrons. The van der Waals surface area contributed by atoms with Crippen molar-refractivity contribution in [2.45, 2.75) is 63.4 Å². The maximum absolute atomic E-state index is 14.6. The van der Waals surface area contributed by atoms with Gasteiger partial charge in [0.1, 0.15) is 6.10 Å². The van der Waals surface area contributed by atoms with Gasteiger partial charge in [0.2, 0.25) is 15.8 Å². The molecule has 1 aliphatic carbocycles. The Morgan fingerprint density at radius 3 is 2.41 bits per heavy atom. The van der Waals surface area contributed by atoms with Gasteiger partial charge in [0.05, 0.1) is 12.3 Å². The lowest BCUT2D eigenvalue weighted by molar-refractivity contribution is -0.129. The van der Waals surface area contributed by atoms with Gasteiger partial charge in [-0.1, -0.05) is 54.1 Å². The summed E-state index contributed by atoms with van der Waals surface area (Å²) < 4.78 is 74.9. The molecule has 3 aromatic carbocycles. The minimum atomic E-state index is -3.63. The third-order valence-electron chi connectivity index (χ3n) is 8.79. The molecule has 3 atom stereocenters. The second-order valence-electron chi connectivity index (χ2n) is 12.3. The van der Waals surface area contributed by atoms with E-state index in [0.29, 0.717) is 42.7 Å². The lowest BCUT2D eigenvalue weighted by atomic mass is 9.83. The minimum absolute atomic E-state index is 0.0371. The summed E-state index contributed by atoms with van der Waals surface area (Å²) in [4.78, 5) is 16.4. The fraction of sp³-hybridized carbons (Fsp3) is 0.382. The summed E-state index contributed by atoms with van der Waals surface area (Å²) in [7, 11) is -3.63. The summed E-state index contributed by atoms with van der Waals surface area (Å²) in [5.41, 5.74) is 3.66. The monoisotopic (exact) mass is 673 g/mol. The third kappa shape index (κ3) is 6.69. The van der Waals surface area contributed by atoms with Crippen LogP contribution in [0.3, 0.4) is 0 Å². The van der Waals surface area contributed by atoms with E-state index < -0.39 is 45.4 Å². The Balaban J connectivity index is 1.33. The van der Waals surface area contributed by atoms with E-state index in [1.807, 2.05) is 47.4 Å². The number of amides is 1. The lowest BCUT2D eigenvalue weighted by Gasteiger charge is -2.47. The van der Waals surface area contributed by atoms with E-state index in [-0.39, 0.29) is 24.4 Å². The van der Waals surface area contributed by atoms with E-state index >= 15 is 0 Å². The molecule has 6 rings (SSSR count). The molecule has 3 aliphatic rings. The quantitative estimate of drug-likeness (QED) is 0.279. The summed E-state index contributed by atoms with van der Waals surface area (Å²) >= 11 is 6.48. The zero-order chi connectivity index (χ0) is 32.7. The minimum Gasteiger partial charge on any atom is -0.484 e. The molecule has 1 unspecified atom stereocenters. The van der Waals surface area contributed by atoms with Gasteiger partial charge in [0, 0.05) is 48.7 Å². The van der Waals surface area contributed by atoms with E-state index in [1.54, 1.807) is 13.0 Å². The highest BCUT2D eigenvalue weighted by Crippen LogP contribution is 2.41. The Hall–Kier alpha value is -3.38. The Labute approximate surface area is 272 Å². The van der Waals surface area contributed by atoms with Gasteiger partial charge in [-0.05, 0) is 66.6 Å².